The topological polar surface area (TPSA) is 46.5 Å². The van der Waals surface area contributed by atoms with Crippen LogP contribution in [0, 0.1) is 0 Å². The molecule has 2 aromatic rings. The second kappa shape index (κ2) is 6.86. The highest BCUT2D eigenvalue weighted by Gasteiger charge is 2.30. The summed E-state index contributed by atoms with van der Waals surface area (Å²) in [7, 11) is 0. The first-order valence-electron chi connectivity index (χ1n) is 7.69. The Kier molecular flexibility index (Phi) is 4.66. The van der Waals surface area contributed by atoms with E-state index in [-0.39, 0.29) is 18.0 Å². The molecule has 2 aromatic carbocycles. The van der Waals surface area contributed by atoms with E-state index < -0.39 is 6.10 Å². The van der Waals surface area contributed by atoms with Gasteiger partial charge in [-0.25, -0.2) is 0 Å². The zero-order valence-electron chi connectivity index (χ0n) is 12.4. The van der Waals surface area contributed by atoms with Crippen molar-refractivity contribution < 1.29 is 14.6 Å². The van der Waals surface area contributed by atoms with Crippen molar-refractivity contribution in [1.29, 1.82) is 0 Å². The van der Waals surface area contributed by atoms with E-state index in [0.717, 1.165) is 5.56 Å². The number of aliphatic hydroxyl groups excluding tert-OH is 1. The van der Waals surface area contributed by atoms with Gasteiger partial charge >= 0.3 is 0 Å². The molecule has 1 N–H and O–H groups in total. The first kappa shape index (κ1) is 14.9. The summed E-state index contributed by atoms with van der Waals surface area (Å²) in [6.45, 7) is 0. The third kappa shape index (κ3) is 3.62. The van der Waals surface area contributed by atoms with Crippen molar-refractivity contribution in [2.75, 3.05) is 0 Å². The van der Waals surface area contributed by atoms with E-state index in [0.29, 0.717) is 24.8 Å². The summed E-state index contributed by atoms with van der Waals surface area (Å²) in [4.78, 5) is 12.3. The van der Waals surface area contributed by atoms with Crippen LogP contribution in [0.25, 0.3) is 0 Å². The molecule has 3 rings (SSSR count). The quantitative estimate of drug-likeness (QED) is 0.878. The second-order valence-corrected chi connectivity index (χ2v) is 5.78. The van der Waals surface area contributed by atoms with E-state index in [1.807, 2.05) is 60.7 Å². The summed E-state index contributed by atoms with van der Waals surface area (Å²) >= 11 is 0. The summed E-state index contributed by atoms with van der Waals surface area (Å²) in [5.74, 6) is 0.0616. The Bertz CT molecular complexity index is 609. The minimum Gasteiger partial charge on any atom is -0.393 e. The molecule has 0 aliphatic carbocycles. The molecule has 3 heteroatoms. The van der Waals surface area contributed by atoms with Gasteiger partial charge in [0.2, 0.25) is 0 Å². The van der Waals surface area contributed by atoms with Crippen molar-refractivity contribution in [2.24, 2.45) is 0 Å². The van der Waals surface area contributed by atoms with Crippen molar-refractivity contribution in [2.45, 2.75) is 37.6 Å². The van der Waals surface area contributed by atoms with Crippen LogP contribution >= 0.6 is 0 Å². The van der Waals surface area contributed by atoms with E-state index >= 15 is 0 Å². The highest BCUT2D eigenvalue weighted by atomic mass is 16.5. The van der Waals surface area contributed by atoms with Gasteiger partial charge in [0.05, 0.1) is 18.3 Å². The largest absolute Gasteiger partial charge is 0.393 e. The van der Waals surface area contributed by atoms with Crippen molar-refractivity contribution in [3.8, 4) is 0 Å². The third-order valence-electron chi connectivity index (χ3n) is 4.06. The summed E-state index contributed by atoms with van der Waals surface area (Å²) in [6.07, 6.45) is 0.611. The Balaban J connectivity index is 1.68. The molecule has 3 nitrogen and oxygen atoms in total. The maximum Gasteiger partial charge on any atom is 0.165 e. The molecule has 0 spiro atoms. The SMILES string of the molecule is O=C(C[C@@H]1C[C@H](O)C[C@@H](c2ccccc2)O1)c1ccccc1. The van der Waals surface area contributed by atoms with E-state index in [1.165, 1.54) is 0 Å². The minimum absolute atomic E-state index is 0.0616. The van der Waals surface area contributed by atoms with Crippen LogP contribution < -0.4 is 0 Å². The van der Waals surface area contributed by atoms with Gasteiger partial charge in [-0.15, -0.1) is 0 Å². The number of hydrogen-bond acceptors (Lipinski definition) is 3. The maximum atomic E-state index is 12.3. The number of benzene rings is 2. The van der Waals surface area contributed by atoms with Gasteiger partial charge in [0.15, 0.2) is 5.78 Å². The molecule has 0 aromatic heterocycles. The van der Waals surface area contributed by atoms with Crippen molar-refractivity contribution in [3.05, 3.63) is 71.8 Å². The number of rotatable bonds is 4. The maximum absolute atomic E-state index is 12.3. The number of ether oxygens (including phenoxy) is 1. The lowest BCUT2D eigenvalue weighted by Crippen LogP contribution is -2.32. The molecule has 22 heavy (non-hydrogen) atoms. The van der Waals surface area contributed by atoms with Crippen molar-refractivity contribution >= 4 is 5.78 Å². The van der Waals surface area contributed by atoms with Gasteiger partial charge in [0.25, 0.3) is 0 Å². The molecule has 1 heterocycles. The monoisotopic (exact) mass is 296 g/mol. The lowest BCUT2D eigenvalue weighted by atomic mass is 9.93. The van der Waals surface area contributed by atoms with Gasteiger partial charge in [-0.2, -0.15) is 0 Å². The fourth-order valence-electron chi connectivity index (χ4n) is 2.95. The molecule has 0 unspecified atom stereocenters. The van der Waals surface area contributed by atoms with E-state index in [9.17, 15) is 9.90 Å². The summed E-state index contributed by atoms with van der Waals surface area (Å²) in [5.41, 5.74) is 1.75. The Hall–Kier alpha value is -1.97. The normalized spacial score (nSPS) is 24.9. The molecule has 0 radical (unpaired) electrons. The van der Waals surface area contributed by atoms with Gasteiger partial charge in [-0.3, -0.25) is 4.79 Å². The molecule has 3 atom stereocenters. The number of carbonyl (C=O) groups is 1. The van der Waals surface area contributed by atoms with Gasteiger partial charge in [-0.1, -0.05) is 60.7 Å². The number of hydrogen-bond donors (Lipinski definition) is 1. The van der Waals surface area contributed by atoms with Crippen LogP contribution in [0.4, 0.5) is 0 Å². The molecule has 1 aliphatic rings. The summed E-state index contributed by atoms with van der Waals surface area (Å²) in [5, 5.41) is 10.1. The smallest absolute Gasteiger partial charge is 0.165 e. The van der Waals surface area contributed by atoms with Crippen LogP contribution in [0.3, 0.4) is 0 Å². The van der Waals surface area contributed by atoms with Gasteiger partial charge in [-0.05, 0) is 5.56 Å². The average molecular weight is 296 g/mol. The zero-order chi connectivity index (χ0) is 15.4. The lowest BCUT2D eigenvalue weighted by molar-refractivity contribution is -0.0962. The second-order valence-electron chi connectivity index (χ2n) is 5.78. The van der Waals surface area contributed by atoms with Crippen LogP contribution in [-0.2, 0) is 4.74 Å². The number of Topliss-reactive ketones (excluding diaryl/α,β-unsaturated/α-hetero) is 1. The molecule has 1 fully saturated rings. The number of carbonyl (C=O) groups excluding carboxylic acids is 1. The van der Waals surface area contributed by atoms with Crippen LogP contribution in [0.1, 0.15) is 41.3 Å². The molecular formula is C19H20O3. The molecule has 1 saturated heterocycles. The molecule has 114 valence electrons. The lowest BCUT2D eigenvalue weighted by Gasteiger charge is -2.33. The number of ketones is 1. The molecule has 1 aliphatic heterocycles. The molecule has 0 bridgehead atoms. The fraction of sp³-hybridized carbons (Fsp3) is 0.316. The fourth-order valence-corrected chi connectivity index (χ4v) is 2.95. The Morgan fingerprint density at radius 3 is 2.32 bits per heavy atom. The first-order valence-corrected chi connectivity index (χ1v) is 7.69. The van der Waals surface area contributed by atoms with E-state index in [1.54, 1.807) is 0 Å². The Morgan fingerprint density at radius 2 is 1.64 bits per heavy atom. The van der Waals surface area contributed by atoms with E-state index in [2.05, 4.69) is 0 Å². The van der Waals surface area contributed by atoms with E-state index in [4.69, 9.17) is 4.74 Å². The first-order chi connectivity index (χ1) is 10.7. The third-order valence-corrected chi connectivity index (χ3v) is 4.06. The van der Waals surface area contributed by atoms with Crippen LogP contribution in [0.15, 0.2) is 60.7 Å². The summed E-state index contributed by atoms with van der Waals surface area (Å²) < 4.78 is 6.05. The average Bonchev–Trinajstić information content (AvgIpc) is 2.56. The van der Waals surface area contributed by atoms with Crippen molar-refractivity contribution in [1.82, 2.24) is 0 Å². The predicted octanol–water partition coefficient (Wildman–Crippen LogP) is 3.54. The van der Waals surface area contributed by atoms with Gasteiger partial charge in [0, 0.05) is 24.8 Å². The minimum atomic E-state index is -0.424. The molecule has 0 amide bonds. The molecule has 0 saturated carbocycles. The van der Waals surface area contributed by atoms with Gasteiger partial charge in [0.1, 0.15) is 0 Å². The number of aliphatic hydroxyl groups is 1. The van der Waals surface area contributed by atoms with Gasteiger partial charge < -0.3 is 9.84 Å². The summed E-state index contributed by atoms with van der Waals surface area (Å²) in [6, 6.07) is 19.1. The van der Waals surface area contributed by atoms with Crippen LogP contribution in [-0.4, -0.2) is 23.1 Å². The zero-order valence-corrected chi connectivity index (χ0v) is 12.4. The standard InChI is InChI=1S/C19H20O3/c20-16-11-17(13-18(21)14-7-3-1-4-8-14)22-19(12-16)15-9-5-2-6-10-15/h1-10,16-17,19-20H,11-13H2/t16-,17-,19-/m0/s1. The van der Waals surface area contributed by atoms with Crippen molar-refractivity contribution in [3.63, 3.8) is 0 Å². The molecular weight excluding hydrogens is 276 g/mol. The van der Waals surface area contributed by atoms with Crippen LogP contribution in [0.5, 0.6) is 0 Å². The Labute approximate surface area is 130 Å². The highest BCUT2D eigenvalue weighted by molar-refractivity contribution is 5.96. The highest BCUT2D eigenvalue weighted by Crippen LogP contribution is 2.32. The predicted molar refractivity (Wildman–Crippen MR) is 84.7 cm³/mol. The Morgan fingerprint density at radius 1 is 1.00 bits per heavy atom. The van der Waals surface area contributed by atoms with Crippen LogP contribution in [0.2, 0.25) is 0 Å².